The molecule has 4 nitrogen and oxygen atoms in total. The van der Waals surface area contributed by atoms with Crippen LogP contribution in [0.2, 0.25) is 10.0 Å². The van der Waals surface area contributed by atoms with Crippen molar-refractivity contribution >= 4 is 46.3 Å². The lowest BCUT2D eigenvalue weighted by molar-refractivity contribution is 0.948. The van der Waals surface area contributed by atoms with Crippen molar-refractivity contribution < 1.29 is 0 Å². The lowest BCUT2D eigenvalue weighted by atomic mass is 10.3. The van der Waals surface area contributed by atoms with Crippen LogP contribution in [0.3, 0.4) is 0 Å². The summed E-state index contributed by atoms with van der Waals surface area (Å²) in [6.45, 7) is 2.82. The number of hydrogen-bond donors (Lipinski definition) is 1. The molecule has 0 aliphatic carbocycles. The Morgan fingerprint density at radius 1 is 1.00 bits per heavy atom. The minimum atomic E-state index is 0.568. The molecule has 0 bridgehead atoms. The maximum atomic E-state index is 6.04. The first kappa shape index (κ1) is 16.6. The normalized spacial score (nSPS) is 10.5. The molecule has 0 unspecified atom stereocenters. The number of aromatic nitrogens is 2. The van der Waals surface area contributed by atoms with E-state index < -0.39 is 0 Å². The average Bonchev–Trinajstić information content (AvgIpc) is 2.56. The van der Waals surface area contributed by atoms with Gasteiger partial charge in [-0.05, 0) is 43.3 Å². The topological polar surface area (TPSA) is 41.1 Å². The molecule has 0 atom stereocenters. The number of halogens is 2. The van der Waals surface area contributed by atoms with Gasteiger partial charge in [0.2, 0.25) is 5.95 Å². The summed E-state index contributed by atoms with van der Waals surface area (Å²) in [5, 5.41) is 4.35. The van der Waals surface area contributed by atoms with E-state index in [1.807, 2.05) is 35.2 Å². The molecule has 3 aromatic rings. The van der Waals surface area contributed by atoms with Gasteiger partial charge in [-0.25, -0.2) is 4.98 Å². The molecule has 0 saturated heterocycles. The van der Waals surface area contributed by atoms with Crippen LogP contribution in [0, 0.1) is 0 Å². The third-order valence-electron chi connectivity index (χ3n) is 3.40. The minimum Gasteiger partial charge on any atom is -0.340 e. The summed E-state index contributed by atoms with van der Waals surface area (Å²) in [5.41, 5.74) is 1.82. The Kier molecular flexibility index (Phi) is 5.18. The molecule has 0 fully saturated rings. The molecule has 3 rings (SSSR count). The predicted molar refractivity (Wildman–Crippen MR) is 101 cm³/mol. The second-order valence-electron chi connectivity index (χ2n) is 5.10. The molecule has 0 aliphatic rings. The van der Waals surface area contributed by atoms with Crippen LogP contribution in [0.1, 0.15) is 6.92 Å². The van der Waals surface area contributed by atoms with Crippen LogP contribution in [0.15, 0.2) is 60.8 Å². The summed E-state index contributed by atoms with van der Waals surface area (Å²) in [5.74, 6) is 1.30. The zero-order valence-corrected chi connectivity index (χ0v) is 14.6. The summed E-state index contributed by atoms with van der Waals surface area (Å²) < 4.78 is 0. The Morgan fingerprint density at radius 2 is 1.71 bits per heavy atom. The maximum absolute atomic E-state index is 6.04. The Morgan fingerprint density at radius 3 is 2.38 bits per heavy atom. The minimum absolute atomic E-state index is 0.568. The van der Waals surface area contributed by atoms with Crippen LogP contribution < -0.4 is 10.2 Å². The zero-order chi connectivity index (χ0) is 16.9. The fourth-order valence-electron chi connectivity index (χ4n) is 2.37. The molecule has 0 radical (unpaired) electrons. The first-order chi connectivity index (χ1) is 11.7. The van der Waals surface area contributed by atoms with Crippen molar-refractivity contribution in [3.8, 4) is 0 Å². The summed E-state index contributed by atoms with van der Waals surface area (Å²) >= 11 is 12.1. The largest absolute Gasteiger partial charge is 0.340 e. The molecule has 24 heavy (non-hydrogen) atoms. The van der Waals surface area contributed by atoms with Crippen molar-refractivity contribution in [3.05, 3.63) is 70.8 Å². The smallest absolute Gasteiger partial charge is 0.231 e. The van der Waals surface area contributed by atoms with Crippen molar-refractivity contribution in [2.45, 2.75) is 6.92 Å². The number of benzene rings is 2. The number of rotatable bonds is 5. The lowest BCUT2D eigenvalue weighted by Crippen LogP contribution is -2.18. The highest BCUT2D eigenvalue weighted by molar-refractivity contribution is 6.35. The van der Waals surface area contributed by atoms with E-state index in [4.69, 9.17) is 23.2 Å². The van der Waals surface area contributed by atoms with Crippen molar-refractivity contribution in [1.82, 2.24) is 9.97 Å². The van der Waals surface area contributed by atoms with Gasteiger partial charge >= 0.3 is 0 Å². The van der Waals surface area contributed by atoms with Gasteiger partial charge in [0.05, 0.1) is 0 Å². The molecule has 0 amide bonds. The zero-order valence-electron chi connectivity index (χ0n) is 13.1. The van der Waals surface area contributed by atoms with E-state index in [2.05, 4.69) is 22.2 Å². The lowest BCUT2D eigenvalue weighted by Gasteiger charge is -2.21. The van der Waals surface area contributed by atoms with Gasteiger partial charge in [0, 0.05) is 34.2 Å². The van der Waals surface area contributed by atoms with E-state index in [1.54, 1.807) is 30.5 Å². The highest BCUT2D eigenvalue weighted by atomic mass is 35.5. The van der Waals surface area contributed by atoms with Crippen LogP contribution in [-0.2, 0) is 0 Å². The van der Waals surface area contributed by atoms with Gasteiger partial charge in [-0.3, -0.25) is 0 Å². The van der Waals surface area contributed by atoms with Crippen LogP contribution in [0.5, 0.6) is 0 Å². The third-order valence-corrected chi connectivity index (χ3v) is 3.84. The van der Waals surface area contributed by atoms with E-state index in [0.717, 1.165) is 17.9 Å². The Labute approximate surface area is 151 Å². The highest BCUT2D eigenvalue weighted by Gasteiger charge is 2.10. The standard InChI is InChI=1S/C18H16Cl2N4/c1-2-24(16-6-4-3-5-7-16)18-21-9-8-17(23-18)22-15-11-13(19)10-14(20)12-15/h3-12H,2H2,1H3,(H,21,22,23). The fraction of sp³-hybridized carbons (Fsp3) is 0.111. The number of hydrogen-bond acceptors (Lipinski definition) is 4. The molecule has 122 valence electrons. The number of nitrogens with one attached hydrogen (secondary N) is 1. The van der Waals surface area contributed by atoms with Crippen molar-refractivity contribution in [3.63, 3.8) is 0 Å². The second kappa shape index (κ2) is 7.51. The van der Waals surface area contributed by atoms with Crippen molar-refractivity contribution in [2.75, 3.05) is 16.8 Å². The van der Waals surface area contributed by atoms with Gasteiger partial charge in [0.1, 0.15) is 5.82 Å². The van der Waals surface area contributed by atoms with E-state index >= 15 is 0 Å². The van der Waals surface area contributed by atoms with Gasteiger partial charge in [-0.1, -0.05) is 41.4 Å². The second-order valence-corrected chi connectivity index (χ2v) is 5.98. The molecule has 1 heterocycles. The Bertz CT molecular complexity index is 804. The summed E-state index contributed by atoms with van der Waals surface area (Å²) in [4.78, 5) is 11.0. The number of nitrogens with zero attached hydrogens (tertiary/aromatic N) is 3. The first-order valence-electron chi connectivity index (χ1n) is 7.54. The summed E-state index contributed by atoms with van der Waals surface area (Å²) in [6.07, 6.45) is 1.72. The van der Waals surface area contributed by atoms with E-state index in [0.29, 0.717) is 21.8 Å². The molecule has 2 aromatic carbocycles. The molecule has 0 saturated carbocycles. The molecule has 6 heteroatoms. The molecule has 1 N–H and O–H groups in total. The van der Waals surface area contributed by atoms with Crippen LogP contribution in [0.25, 0.3) is 0 Å². The average molecular weight is 359 g/mol. The molecule has 0 spiro atoms. The third kappa shape index (κ3) is 3.96. The SMILES string of the molecule is CCN(c1ccccc1)c1nccc(Nc2cc(Cl)cc(Cl)c2)n1. The van der Waals surface area contributed by atoms with Gasteiger partial charge in [0.15, 0.2) is 0 Å². The van der Waals surface area contributed by atoms with Gasteiger partial charge in [-0.15, -0.1) is 0 Å². The highest BCUT2D eigenvalue weighted by Crippen LogP contribution is 2.26. The van der Waals surface area contributed by atoms with Crippen molar-refractivity contribution in [1.29, 1.82) is 0 Å². The van der Waals surface area contributed by atoms with Crippen LogP contribution in [0.4, 0.5) is 23.1 Å². The number of para-hydroxylation sites is 1. The first-order valence-corrected chi connectivity index (χ1v) is 8.30. The molecular weight excluding hydrogens is 343 g/mol. The summed E-state index contributed by atoms with van der Waals surface area (Å²) in [7, 11) is 0. The fourth-order valence-corrected chi connectivity index (χ4v) is 2.90. The Hall–Kier alpha value is -2.30. The molecule has 0 aliphatic heterocycles. The van der Waals surface area contributed by atoms with Gasteiger partial charge in [0.25, 0.3) is 0 Å². The molecule has 1 aromatic heterocycles. The Balaban J connectivity index is 1.88. The van der Waals surface area contributed by atoms with E-state index in [1.165, 1.54) is 0 Å². The monoisotopic (exact) mass is 358 g/mol. The van der Waals surface area contributed by atoms with Gasteiger partial charge in [-0.2, -0.15) is 4.98 Å². The summed E-state index contributed by atoms with van der Waals surface area (Å²) in [6, 6.07) is 17.1. The predicted octanol–water partition coefficient (Wildman–Crippen LogP) is 5.69. The molecular formula is C18H16Cl2N4. The number of anilines is 4. The quantitative estimate of drug-likeness (QED) is 0.636. The van der Waals surface area contributed by atoms with Crippen LogP contribution in [-0.4, -0.2) is 16.5 Å². The van der Waals surface area contributed by atoms with E-state index in [9.17, 15) is 0 Å². The maximum Gasteiger partial charge on any atom is 0.231 e. The van der Waals surface area contributed by atoms with Crippen molar-refractivity contribution in [2.24, 2.45) is 0 Å². The van der Waals surface area contributed by atoms with Crippen LogP contribution >= 0.6 is 23.2 Å². The van der Waals surface area contributed by atoms with E-state index in [-0.39, 0.29) is 0 Å². The van der Waals surface area contributed by atoms with Gasteiger partial charge < -0.3 is 10.2 Å².